The van der Waals surface area contributed by atoms with Gasteiger partial charge in [-0.1, -0.05) is 54.6 Å². The molecular formula is C22H24O6S3. The third-order valence-corrected chi connectivity index (χ3v) is 12.3. The molecule has 0 aliphatic carbocycles. The minimum absolute atomic E-state index is 0.120. The predicted octanol–water partition coefficient (Wildman–Crippen LogP) is 4.85. The molecule has 31 heavy (non-hydrogen) atoms. The monoisotopic (exact) mass is 480 g/mol. The van der Waals surface area contributed by atoms with Crippen LogP contribution in [0, 0.1) is 0 Å². The average Bonchev–Trinajstić information content (AvgIpc) is 2.74. The van der Waals surface area contributed by atoms with Crippen molar-refractivity contribution in [3.63, 3.8) is 0 Å². The smallest absolute Gasteiger partial charge is 0.276 e. The van der Waals surface area contributed by atoms with Crippen LogP contribution in [0.25, 0.3) is 0 Å². The fourth-order valence-electron chi connectivity index (χ4n) is 3.71. The Labute approximate surface area is 184 Å². The first kappa shape index (κ1) is 23.5. The molecule has 3 rings (SSSR count). The molecule has 0 saturated carbocycles. The van der Waals surface area contributed by atoms with Crippen molar-refractivity contribution in [1.29, 1.82) is 0 Å². The molecule has 0 amide bonds. The van der Waals surface area contributed by atoms with Crippen molar-refractivity contribution in [1.82, 2.24) is 0 Å². The number of rotatable bonds is 9. The lowest BCUT2D eigenvalue weighted by molar-refractivity contribution is 0.469. The van der Waals surface area contributed by atoms with Crippen molar-refractivity contribution in [2.75, 3.05) is 5.75 Å². The maximum Gasteiger partial charge on any atom is 0.276 e. The van der Waals surface area contributed by atoms with Gasteiger partial charge in [0, 0.05) is 0 Å². The van der Waals surface area contributed by atoms with E-state index in [9.17, 15) is 21.4 Å². The van der Waals surface area contributed by atoms with Crippen LogP contribution in [0.15, 0.2) is 106 Å². The summed E-state index contributed by atoms with van der Waals surface area (Å²) in [7, 11) is -11.5. The van der Waals surface area contributed by atoms with Crippen LogP contribution >= 0.6 is 10.0 Å². The second kappa shape index (κ2) is 9.54. The van der Waals surface area contributed by atoms with Crippen LogP contribution in [-0.2, 0) is 20.2 Å². The zero-order valence-electron chi connectivity index (χ0n) is 16.6. The van der Waals surface area contributed by atoms with E-state index in [4.69, 9.17) is 4.55 Å². The van der Waals surface area contributed by atoms with Gasteiger partial charge in [0.2, 0.25) is 0 Å². The molecule has 0 aliphatic heterocycles. The molecular weight excluding hydrogens is 456 g/mol. The van der Waals surface area contributed by atoms with Gasteiger partial charge < -0.3 is 0 Å². The first-order valence-corrected chi connectivity index (χ1v) is 14.4. The van der Waals surface area contributed by atoms with Gasteiger partial charge in [0.25, 0.3) is 20.2 Å². The summed E-state index contributed by atoms with van der Waals surface area (Å²) in [5.41, 5.74) is 0. The second-order valence-electron chi connectivity index (χ2n) is 6.97. The molecule has 0 radical (unpaired) electrons. The van der Waals surface area contributed by atoms with Crippen LogP contribution < -0.4 is 0 Å². The van der Waals surface area contributed by atoms with E-state index < -0.39 is 40.6 Å². The van der Waals surface area contributed by atoms with Crippen LogP contribution in [0.1, 0.15) is 12.8 Å². The summed E-state index contributed by atoms with van der Waals surface area (Å²) in [5.74, 6) is -0.590. The van der Waals surface area contributed by atoms with Crippen LogP contribution in [0.5, 0.6) is 0 Å². The van der Waals surface area contributed by atoms with E-state index in [2.05, 4.69) is 0 Å². The Hall–Kier alpha value is -2.17. The van der Waals surface area contributed by atoms with Gasteiger partial charge in [-0.3, -0.25) is 9.11 Å². The third kappa shape index (κ3) is 5.36. The molecule has 0 saturated heterocycles. The van der Waals surface area contributed by atoms with Crippen LogP contribution in [0.2, 0.25) is 0 Å². The second-order valence-corrected chi connectivity index (χ2v) is 13.7. The average molecular weight is 481 g/mol. The topological polar surface area (TPSA) is 109 Å². The highest BCUT2D eigenvalue weighted by molar-refractivity contribution is 8.39. The van der Waals surface area contributed by atoms with E-state index in [-0.39, 0.29) is 12.8 Å². The van der Waals surface area contributed by atoms with E-state index in [1.54, 1.807) is 0 Å². The summed E-state index contributed by atoms with van der Waals surface area (Å²) in [5, 5.41) is 0. The lowest BCUT2D eigenvalue weighted by Crippen LogP contribution is -2.29. The van der Waals surface area contributed by atoms with Gasteiger partial charge in [-0.2, -0.15) is 16.8 Å². The first-order chi connectivity index (χ1) is 14.7. The van der Waals surface area contributed by atoms with Gasteiger partial charge >= 0.3 is 0 Å². The van der Waals surface area contributed by atoms with Crippen molar-refractivity contribution in [2.45, 2.75) is 32.1 Å². The highest BCUT2D eigenvalue weighted by Gasteiger charge is 2.45. The number of hydrogen-bond donors (Lipinski definition) is 2. The Bertz CT molecular complexity index is 1100. The van der Waals surface area contributed by atoms with Gasteiger partial charge in [0.15, 0.2) is 0 Å². The van der Waals surface area contributed by atoms with Crippen molar-refractivity contribution < 1.29 is 25.9 Å². The zero-order valence-corrected chi connectivity index (χ0v) is 19.1. The van der Waals surface area contributed by atoms with Gasteiger partial charge in [0.05, 0.1) is 5.75 Å². The Morgan fingerprint density at radius 3 is 1.26 bits per heavy atom. The molecule has 3 aromatic rings. The van der Waals surface area contributed by atoms with Crippen molar-refractivity contribution in [2.24, 2.45) is 0 Å². The number of benzene rings is 3. The van der Waals surface area contributed by atoms with Gasteiger partial charge in [-0.05, 0) is 63.9 Å². The maximum absolute atomic E-state index is 12.8. The molecule has 0 fully saturated rings. The lowest BCUT2D eigenvalue weighted by Gasteiger charge is -2.46. The quantitative estimate of drug-likeness (QED) is 0.424. The third-order valence-electron chi connectivity index (χ3n) is 4.91. The molecule has 2 N–H and O–H groups in total. The summed E-state index contributed by atoms with van der Waals surface area (Å²) < 4.78 is 66.4. The van der Waals surface area contributed by atoms with Crippen molar-refractivity contribution in [3.05, 3.63) is 91.0 Å². The molecule has 3 aromatic carbocycles. The SMILES string of the molecule is O=S(=O)(O)CCCC(S(c1ccccc1)(c1ccccc1)c1ccccc1)S(=O)(=O)O. The van der Waals surface area contributed by atoms with E-state index in [0.29, 0.717) is 0 Å². The molecule has 6 nitrogen and oxygen atoms in total. The highest BCUT2D eigenvalue weighted by atomic mass is 32.3. The first-order valence-electron chi connectivity index (χ1n) is 9.54. The minimum Gasteiger partial charge on any atom is -0.286 e. The Morgan fingerprint density at radius 2 is 0.968 bits per heavy atom. The van der Waals surface area contributed by atoms with Crippen LogP contribution in [0.3, 0.4) is 0 Å². The molecule has 1 atom stereocenters. The fourth-order valence-corrected chi connectivity index (χ4v) is 11.2. The molecule has 0 aliphatic rings. The van der Waals surface area contributed by atoms with Gasteiger partial charge in [-0.25, -0.2) is 0 Å². The maximum atomic E-state index is 12.8. The highest BCUT2D eigenvalue weighted by Crippen LogP contribution is 2.72. The molecule has 166 valence electrons. The summed E-state index contributed by atoms with van der Waals surface area (Å²) >= 11 is 0. The van der Waals surface area contributed by atoms with Gasteiger partial charge in [0.1, 0.15) is 4.58 Å². The van der Waals surface area contributed by atoms with Crippen molar-refractivity contribution >= 4 is 30.3 Å². The van der Waals surface area contributed by atoms with E-state index >= 15 is 0 Å². The molecule has 9 heteroatoms. The standard InChI is InChI=1S/C22H24O6S3/c23-29(24,25)18-10-17-22(31(26,27)28)30(19-11-4-1-5-12-19,20-13-6-2-7-14-20)21-15-8-3-9-16-21/h1-9,11-16,22H,10,17-18H2,(H,23,24,25)(H,26,27,28). The largest absolute Gasteiger partial charge is 0.286 e. The Kier molecular flexibility index (Phi) is 7.23. The zero-order chi connectivity index (χ0) is 22.5. The minimum atomic E-state index is -4.62. The number of hydrogen-bond acceptors (Lipinski definition) is 4. The molecule has 0 bridgehead atoms. The fraction of sp³-hybridized carbons (Fsp3) is 0.182. The van der Waals surface area contributed by atoms with E-state index in [0.717, 1.165) is 14.7 Å². The van der Waals surface area contributed by atoms with Crippen LogP contribution in [-0.4, -0.2) is 36.3 Å². The summed E-state index contributed by atoms with van der Waals surface area (Å²) in [6, 6.07) is 27.3. The summed E-state index contributed by atoms with van der Waals surface area (Å²) in [6.07, 6.45) is -0.267. The predicted molar refractivity (Wildman–Crippen MR) is 123 cm³/mol. The summed E-state index contributed by atoms with van der Waals surface area (Å²) in [4.78, 5) is 2.17. The van der Waals surface area contributed by atoms with E-state index in [1.807, 2.05) is 91.0 Å². The Morgan fingerprint density at radius 1 is 0.613 bits per heavy atom. The lowest BCUT2D eigenvalue weighted by atomic mass is 10.3. The van der Waals surface area contributed by atoms with Crippen molar-refractivity contribution in [3.8, 4) is 0 Å². The molecule has 0 heterocycles. The normalized spacial score (nSPS) is 14.1. The Balaban J connectivity index is 2.34. The molecule has 0 spiro atoms. The van der Waals surface area contributed by atoms with E-state index in [1.165, 1.54) is 0 Å². The molecule has 0 aromatic heterocycles. The van der Waals surface area contributed by atoms with Crippen LogP contribution in [0.4, 0.5) is 0 Å². The summed E-state index contributed by atoms with van der Waals surface area (Å²) in [6.45, 7) is 0. The molecule has 1 unspecified atom stereocenters. The van der Waals surface area contributed by atoms with Gasteiger partial charge in [-0.15, -0.1) is 10.0 Å².